The number of hydrazone groups is 1. The first-order chi connectivity index (χ1) is 16.1. The molecule has 8 nitrogen and oxygen atoms in total. The molecular weight excluding hydrogens is 607 g/mol. The summed E-state index contributed by atoms with van der Waals surface area (Å²) in [5, 5.41) is 8.79. The number of benzene rings is 1. The molecular formula is C20H20ClF3IN6O2P. The molecule has 0 fully saturated rings. The first-order valence-corrected chi connectivity index (χ1v) is 14.3. The van der Waals surface area contributed by atoms with Crippen molar-refractivity contribution >= 4 is 58.5 Å². The molecule has 1 aromatic heterocycles. The topological polar surface area (TPSA) is 96.8 Å². The highest BCUT2D eigenvalue weighted by Crippen LogP contribution is 2.33. The predicted molar refractivity (Wildman–Crippen MR) is 133 cm³/mol. The first kappa shape index (κ1) is 26.4. The highest BCUT2D eigenvalue weighted by molar-refractivity contribution is 14.2. The number of hydrogen-bond donors (Lipinski definition) is 1. The lowest BCUT2D eigenvalue weighted by atomic mass is 10.0. The molecule has 0 radical (unpaired) electrons. The number of allylic oxidation sites excluding steroid dienone is 2. The minimum absolute atomic E-state index is 0.00374. The number of halogens is 5. The normalized spacial score (nSPS) is 15.1. The maximum Gasteiger partial charge on any atom is 0.416 e. The minimum atomic E-state index is -4.52. The van der Waals surface area contributed by atoms with Crippen LogP contribution in [0.25, 0.3) is 0 Å². The summed E-state index contributed by atoms with van der Waals surface area (Å²) >= 11 is 8.28. The molecule has 1 aromatic carbocycles. The summed E-state index contributed by atoms with van der Waals surface area (Å²) in [4.78, 5) is 25.0. The lowest BCUT2D eigenvalue weighted by molar-refractivity contribution is -0.138. The first-order valence-electron chi connectivity index (χ1n) is 9.86. The Bertz CT molecular complexity index is 1150. The third kappa shape index (κ3) is 5.89. The van der Waals surface area contributed by atoms with Gasteiger partial charge >= 0.3 is 6.18 Å². The van der Waals surface area contributed by atoms with Gasteiger partial charge in [-0.1, -0.05) is 29.8 Å². The number of aromatic nitrogens is 2. The molecule has 0 saturated heterocycles. The summed E-state index contributed by atoms with van der Waals surface area (Å²) in [5.41, 5.74) is 6.51. The molecule has 1 atom stereocenters. The molecule has 0 saturated carbocycles. The van der Waals surface area contributed by atoms with E-state index in [0.717, 1.165) is 6.07 Å². The fraction of sp³-hybridized carbons (Fsp3) is 0.300. The number of amides is 2. The van der Waals surface area contributed by atoms with Gasteiger partial charge in [0, 0.05) is 35.8 Å². The van der Waals surface area contributed by atoms with E-state index in [2.05, 4.69) is 10.2 Å². The molecule has 1 aliphatic heterocycles. The van der Waals surface area contributed by atoms with Crippen molar-refractivity contribution in [2.24, 2.45) is 10.8 Å². The number of carbonyl (C=O) groups excluding carboxylic acids is 2. The molecule has 0 spiro atoms. The Morgan fingerprint density at radius 1 is 1.41 bits per heavy atom. The zero-order valence-electron chi connectivity index (χ0n) is 17.8. The van der Waals surface area contributed by atoms with Gasteiger partial charge in [0.05, 0.1) is 30.4 Å². The average molecular weight is 627 g/mol. The number of alkyl halides is 3. The summed E-state index contributed by atoms with van der Waals surface area (Å²) in [7, 11) is 0. The van der Waals surface area contributed by atoms with Crippen molar-refractivity contribution < 1.29 is 22.8 Å². The fourth-order valence-corrected chi connectivity index (χ4v) is 4.72. The Morgan fingerprint density at radius 3 is 2.71 bits per heavy atom. The van der Waals surface area contributed by atoms with Crippen LogP contribution in [0.15, 0.2) is 40.1 Å². The van der Waals surface area contributed by atoms with Crippen LogP contribution in [0.1, 0.15) is 39.8 Å². The van der Waals surface area contributed by atoms with E-state index in [0.29, 0.717) is 41.4 Å². The number of nitrogens with two attached hydrogens (primary N) is 1. The summed E-state index contributed by atoms with van der Waals surface area (Å²) in [6, 6.07) is 5.25. The standard InChI is InChI=1S/C20H20ClF3IN6O2P/c1-12(21)17(8-27-31(11-32)34-25)29-7-6-16-14(10-29)18(19(26)33)28-30(16)9-13-4-2-3-5-15(13)20(22,23)24/h2-5,8,11,34H,6-7,9-10H2,1H3,(H2,26,33)/b17-12-,27-8-. The van der Waals surface area contributed by atoms with Crippen molar-refractivity contribution in [3.05, 3.63) is 63.1 Å². The van der Waals surface area contributed by atoms with Gasteiger partial charge in [0.15, 0.2) is 5.69 Å². The van der Waals surface area contributed by atoms with Crippen LogP contribution in [0.3, 0.4) is 0 Å². The van der Waals surface area contributed by atoms with Crippen molar-refractivity contribution in [3.63, 3.8) is 0 Å². The van der Waals surface area contributed by atoms with E-state index >= 15 is 0 Å². The molecule has 2 heterocycles. The third-order valence-corrected chi connectivity index (χ3v) is 7.27. The Hall–Kier alpha value is -2.18. The van der Waals surface area contributed by atoms with Gasteiger partial charge in [-0.2, -0.15) is 23.4 Å². The van der Waals surface area contributed by atoms with Crippen LogP contribution in [0.5, 0.6) is 0 Å². The van der Waals surface area contributed by atoms with Gasteiger partial charge < -0.3 is 10.6 Å². The molecule has 2 N–H and O–H groups in total. The average Bonchev–Trinajstić information content (AvgIpc) is 3.14. The van der Waals surface area contributed by atoms with Crippen molar-refractivity contribution in [3.8, 4) is 0 Å². The molecule has 1 aliphatic rings. The van der Waals surface area contributed by atoms with Crippen molar-refractivity contribution in [1.82, 2.24) is 19.5 Å². The summed E-state index contributed by atoms with van der Waals surface area (Å²) in [5.74, 6) is -0.777. The molecule has 0 bridgehead atoms. The summed E-state index contributed by atoms with van der Waals surface area (Å²) in [6.45, 7) is 2.15. The lowest BCUT2D eigenvalue weighted by Gasteiger charge is -2.30. The largest absolute Gasteiger partial charge is 0.416 e. The number of carbonyl (C=O) groups is 2. The number of rotatable bonds is 8. The minimum Gasteiger partial charge on any atom is -0.364 e. The maximum absolute atomic E-state index is 13.5. The Labute approximate surface area is 213 Å². The zero-order valence-corrected chi connectivity index (χ0v) is 21.7. The quantitative estimate of drug-likeness (QED) is 0.156. The van der Waals surface area contributed by atoms with Crippen LogP contribution in [-0.4, -0.2) is 44.5 Å². The second-order valence-electron chi connectivity index (χ2n) is 7.32. The fourth-order valence-electron chi connectivity index (χ4n) is 3.70. The zero-order chi connectivity index (χ0) is 25.0. The molecule has 34 heavy (non-hydrogen) atoms. The number of nitrogens with zero attached hydrogens (tertiary/aromatic N) is 5. The van der Waals surface area contributed by atoms with Gasteiger partial charge in [0.1, 0.15) is 0 Å². The molecule has 0 aliphatic carbocycles. The van der Waals surface area contributed by atoms with E-state index in [1.807, 2.05) is 26.9 Å². The number of primary amides is 1. The van der Waals surface area contributed by atoms with Crippen molar-refractivity contribution in [2.45, 2.75) is 32.6 Å². The van der Waals surface area contributed by atoms with E-state index in [1.54, 1.807) is 6.92 Å². The van der Waals surface area contributed by atoms with Gasteiger partial charge in [0.2, 0.25) is 6.41 Å². The van der Waals surface area contributed by atoms with Crippen LogP contribution in [0.2, 0.25) is 0 Å². The summed E-state index contributed by atoms with van der Waals surface area (Å²) < 4.78 is 43.0. The van der Waals surface area contributed by atoms with Gasteiger partial charge in [-0.3, -0.25) is 14.3 Å². The Kier molecular flexibility index (Phi) is 8.58. The van der Waals surface area contributed by atoms with E-state index < -0.39 is 17.6 Å². The molecule has 14 heteroatoms. The van der Waals surface area contributed by atoms with E-state index in [1.165, 1.54) is 33.9 Å². The van der Waals surface area contributed by atoms with Crippen molar-refractivity contribution in [1.29, 1.82) is 0 Å². The predicted octanol–water partition coefficient (Wildman–Crippen LogP) is 4.27. The van der Waals surface area contributed by atoms with E-state index in [9.17, 15) is 22.8 Å². The van der Waals surface area contributed by atoms with Crippen LogP contribution in [-0.2, 0) is 30.5 Å². The van der Waals surface area contributed by atoms with Gasteiger partial charge in [-0.05, 0) is 40.6 Å². The van der Waals surface area contributed by atoms with Crippen LogP contribution < -0.4 is 5.73 Å². The van der Waals surface area contributed by atoms with Crippen LogP contribution >= 0.6 is 40.0 Å². The van der Waals surface area contributed by atoms with Gasteiger partial charge in [-0.25, -0.2) is 4.78 Å². The lowest BCUT2D eigenvalue weighted by Crippen LogP contribution is -2.32. The van der Waals surface area contributed by atoms with Crippen LogP contribution in [0.4, 0.5) is 13.2 Å². The monoisotopic (exact) mass is 626 g/mol. The van der Waals surface area contributed by atoms with Crippen LogP contribution in [0, 0.1) is 0 Å². The van der Waals surface area contributed by atoms with E-state index in [4.69, 9.17) is 17.3 Å². The molecule has 3 rings (SSSR count). The Balaban J connectivity index is 1.97. The second kappa shape index (κ2) is 11.0. The Morgan fingerprint density at radius 2 is 2.12 bits per heavy atom. The molecule has 2 amide bonds. The van der Waals surface area contributed by atoms with Crippen molar-refractivity contribution in [2.75, 3.05) is 6.54 Å². The third-order valence-electron chi connectivity index (χ3n) is 5.19. The SMILES string of the molecule is C/C(Cl)=C(\C=N/N(C=O)PI)N1CCc2c(c(C(N)=O)nn2Cc2ccccc2C(F)(F)F)C1. The molecule has 1 unspecified atom stereocenters. The highest BCUT2D eigenvalue weighted by Gasteiger charge is 2.34. The highest BCUT2D eigenvalue weighted by atomic mass is 127. The summed E-state index contributed by atoms with van der Waals surface area (Å²) in [6.07, 6.45) is -1.98. The molecule has 182 valence electrons. The van der Waals surface area contributed by atoms with Gasteiger partial charge in [0.25, 0.3) is 5.91 Å². The van der Waals surface area contributed by atoms with Gasteiger partial charge in [-0.15, -0.1) is 0 Å². The number of fused-ring (bicyclic) bond motifs is 1. The maximum atomic E-state index is 13.5. The second-order valence-corrected chi connectivity index (χ2v) is 9.96. The smallest absolute Gasteiger partial charge is 0.364 e. The van der Waals surface area contributed by atoms with E-state index in [-0.39, 0.29) is 30.7 Å². The number of hydrogen-bond acceptors (Lipinski definition) is 5. The molecule has 2 aromatic rings.